The Morgan fingerprint density at radius 3 is 2.83 bits per heavy atom. The van der Waals surface area contributed by atoms with Crippen LogP contribution in [0.25, 0.3) is 22.6 Å². The van der Waals surface area contributed by atoms with Gasteiger partial charge in [-0.05, 0) is 61.4 Å². The average Bonchev–Trinajstić information content (AvgIpc) is 3.37. The fourth-order valence-electron chi connectivity index (χ4n) is 3.65. The largest absolute Gasteiger partial charge is 0.449 e. The normalized spacial score (nSPS) is 15.3. The van der Waals surface area contributed by atoms with E-state index in [1.165, 1.54) is 0 Å². The van der Waals surface area contributed by atoms with Crippen molar-refractivity contribution in [1.82, 2.24) is 10.3 Å². The summed E-state index contributed by atoms with van der Waals surface area (Å²) in [7, 11) is 0. The molecule has 0 spiro atoms. The molecule has 0 bridgehead atoms. The predicted molar refractivity (Wildman–Crippen MR) is 116 cm³/mol. The van der Waals surface area contributed by atoms with Crippen LogP contribution < -0.4 is 5.32 Å². The number of aromatic nitrogens is 1. The minimum absolute atomic E-state index is 0.297. The van der Waals surface area contributed by atoms with Gasteiger partial charge in [-0.25, -0.2) is 9.78 Å². The third kappa shape index (κ3) is 3.80. The number of carbonyl (C=O) groups excluding carboxylic acids is 2. The summed E-state index contributed by atoms with van der Waals surface area (Å²) >= 11 is 1.67. The Labute approximate surface area is 173 Å². The van der Waals surface area contributed by atoms with Gasteiger partial charge in [-0.2, -0.15) is 0 Å². The number of rotatable bonds is 5. The van der Waals surface area contributed by atoms with Crippen LogP contribution in [0, 0.1) is 0 Å². The van der Waals surface area contributed by atoms with Gasteiger partial charge in [-0.1, -0.05) is 24.3 Å². The lowest BCUT2D eigenvalue weighted by Crippen LogP contribution is -2.35. The molecule has 1 aromatic carbocycles. The molecular weight excluding hydrogens is 384 g/mol. The van der Waals surface area contributed by atoms with Crippen molar-refractivity contribution in [3.63, 3.8) is 0 Å². The number of benzene rings is 1. The maximum atomic E-state index is 13.1. The molecule has 2 aromatic heterocycles. The van der Waals surface area contributed by atoms with Gasteiger partial charge in [0.05, 0.1) is 16.8 Å². The van der Waals surface area contributed by atoms with Crippen molar-refractivity contribution in [1.29, 1.82) is 0 Å². The smallest absolute Gasteiger partial charge is 0.339 e. The lowest BCUT2D eigenvalue weighted by molar-refractivity contribution is -0.128. The number of nitrogens with zero attached hydrogens (tertiary/aromatic N) is 1. The molecule has 3 aromatic rings. The number of fused-ring (bicyclic) bond motifs is 2. The molecule has 1 amide bonds. The van der Waals surface area contributed by atoms with Gasteiger partial charge < -0.3 is 10.1 Å². The van der Waals surface area contributed by atoms with E-state index in [1.807, 2.05) is 42.6 Å². The Morgan fingerprint density at radius 1 is 1.24 bits per heavy atom. The Balaban J connectivity index is 1.78. The molecule has 148 valence electrons. The Kier molecular flexibility index (Phi) is 5.45. The first-order valence-electron chi connectivity index (χ1n) is 9.73. The van der Waals surface area contributed by atoms with Gasteiger partial charge in [-0.15, -0.1) is 11.3 Å². The third-order valence-corrected chi connectivity index (χ3v) is 5.83. The van der Waals surface area contributed by atoms with Crippen LogP contribution in [0.2, 0.25) is 0 Å². The lowest BCUT2D eigenvalue weighted by Gasteiger charge is -2.16. The zero-order chi connectivity index (χ0) is 20.4. The quantitative estimate of drug-likeness (QED) is 0.635. The molecule has 29 heavy (non-hydrogen) atoms. The standard InChI is InChI=1S/C23H22N2O3S/c1-3-24-22(26)14(2)28-23(27)20-17-8-4-5-9-19(17)25-21-15(10-11-18(20)21)13-16-7-6-12-29-16/h4-9,12-14H,3,10-11H2,1-2H3,(H,24,26)/b15-13+/t14-/m1/s1. The van der Waals surface area contributed by atoms with Crippen LogP contribution in [0.4, 0.5) is 0 Å². The number of nitrogens with one attached hydrogen (secondary N) is 1. The highest BCUT2D eigenvalue weighted by atomic mass is 32.1. The van der Waals surface area contributed by atoms with Crippen LogP contribution in [0.1, 0.15) is 46.8 Å². The number of esters is 1. The monoisotopic (exact) mass is 406 g/mol. The molecule has 0 aliphatic heterocycles. The molecule has 1 aliphatic carbocycles. The molecule has 4 rings (SSSR count). The predicted octanol–water partition coefficient (Wildman–Crippen LogP) is 4.46. The second-order valence-electron chi connectivity index (χ2n) is 6.96. The maximum Gasteiger partial charge on any atom is 0.339 e. The lowest BCUT2D eigenvalue weighted by atomic mass is 10.0. The third-order valence-electron chi connectivity index (χ3n) is 5.01. The van der Waals surface area contributed by atoms with Gasteiger partial charge in [0.2, 0.25) is 0 Å². The molecule has 0 fully saturated rings. The number of carbonyl (C=O) groups is 2. The minimum atomic E-state index is -0.854. The number of thiophene rings is 1. The van der Waals surface area contributed by atoms with Crippen molar-refractivity contribution in [2.75, 3.05) is 6.54 Å². The van der Waals surface area contributed by atoms with Crippen molar-refractivity contribution >= 4 is 45.8 Å². The van der Waals surface area contributed by atoms with E-state index in [1.54, 1.807) is 18.3 Å². The van der Waals surface area contributed by atoms with Crippen LogP contribution in [-0.2, 0) is 16.0 Å². The zero-order valence-electron chi connectivity index (χ0n) is 16.4. The van der Waals surface area contributed by atoms with Crippen LogP contribution in [0.15, 0.2) is 41.8 Å². The minimum Gasteiger partial charge on any atom is -0.449 e. The van der Waals surface area contributed by atoms with Gasteiger partial charge in [0, 0.05) is 16.8 Å². The highest BCUT2D eigenvalue weighted by molar-refractivity contribution is 7.10. The number of ether oxygens (including phenoxy) is 1. The van der Waals surface area contributed by atoms with Crippen LogP contribution in [0.3, 0.4) is 0 Å². The number of amides is 1. The van der Waals surface area contributed by atoms with E-state index < -0.39 is 12.1 Å². The summed E-state index contributed by atoms with van der Waals surface area (Å²) < 4.78 is 5.53. The summed E-state index contributed by atoms with van der Waals surface area (Å²) in [5.74, 6) is -0.773. The average molecular weight is 407 g/mol. The number of hydrogen-bond acceptors (Lipinski definition) is 5. The Hall–Kier alpha value is -2.99. The zero-order valence-corrected chi connectivity index (χ0v) is 17.2. The van der Waals surface area contributed by atoms with E-state index in [0.717, 1.165) is 45.5 Å². The van der Waals surface area contributed by atoms with Crippen molar-refractivity contribution in [2.24, 2.45) is 0 Å². The number of para-hydroxylation sites is 1. The van der Waals surface area contributed by atoms with Gasteiger partial charge in [0.15, 0.2) is 6.10 Å². The van der Waals surface area contributed by atoms with Gasteiger partial charge in [0.25, 0.3) is 5.91 Å². The fourth-order valence-corrected chi connectivity index (χ4v) is 4.33. The van der Waals surface area contributed by atoms with E-state index >= 15 is 0 Å². The topological polar surface area (TPSA) is 68.3 Å². The molecule has 0 saturated heterocycles. The molecule has 1 atom stereocenters. The van der Waals surface area contributed by atoms with Crippen molar-refractivity contribution in [2.45, 2.75) is 32.8 Å². The molecule has 5 nitrogen and oxygen atoms in total. The summed E-state index contributed by atoms with van der Waals surface area (Å²) in [4.78, 5) is 31.2. The van der Waals surface area contributed by atoms with E-state index in [0.29, 0.717) is 12.1 Å². The van der Waals surface area contributed by atoms with E-state index in [2.05, 4.69) is 17.5 Å². The fraction of sp³-hybridized carbons (Fsp3) is 0.261. The summed E-state index contributed by atoms with van der Waals surface area (Å²) in [5.41, 5.74) is 4.16. The van der Waals surface area contributed by atoms with E-state index in [-0.39, 0.29) is 5.91 Å². The van der Waals surface area contributed by atoms with Crippen LogP contribution in [0.5, 0.6) is 0 Å². The van der Waals surface area contributed by atoms with Crippen LogP contribution >= 0.6 is 11.3 Å². The highest BCUT2D eigenvalue weighted by Crippen LogP contribution is 2.38. The summed E-state index contributed by atoms with van der Waals surface area (Å²) in [6, 6.07) is 11.7. The first-order chi connectivity index (χ1) is 14.1. The van der Waals surface area contributed by atoms with Crippen molar-refractivity contribution < 1.29 is 14.3 Å². The Bertz CT molecular complexity index is 1100. The molecule has 0 radical (unpaired) electrons. The molecule has 2 heterocycles. The summed E-state index contributed by atoms with van der Waals surface area (Å²) in [5, 5.41) is 5.49. The number of allylic oxidation sites excluding steroid dienone is 1. The van der Waals surface area contributed by atoms with Crippen LogP contribution in [-0.4, -0.2) is 29.5 Å². The summed E-state index contributed by atoms with van der Waals surface area (Å²) in [6.07, 6.45) is 2.84. The molecule has 0 saturated carbocycles. The molecule has 6 heteroatoms. The number of likely N-dealkylation sites (N-methyl/N-ethyl adjacent to an activating group) is 1. The van der Waals surface area contributed by atoms with Gasteiger partial charge in [-0.3, -0.25) is 4.79 Å². The van der Waals surface area contributed by atoms with Gasteiger partial charge >= 0.3 is 5.97 Å². The van der Waals surface area contributed by atoms with E-state index in [4.69, 9.17) is 9.72 Å². The van der Waals surface area contributed by atoms with E-state index in [9.17, 15) is 9.59 Å². The molecule has 1 aliphatic rings. The second-order valence-corrected chi connectivity index (χ2v) is 7.94. The molecular formula is C23H22N2O3S. The second kappa shape index (κ2) is 8.17. The van der Waals surface area contributed by atoms with Gasteiger partial charge in [0.1, 0.15) is 0 Å². The number of hydrogen-bond donors (Lipinski definition) is 1. The van der Waals surface area contributed by atoms with Crippen molar-refractivity contribution in [3.8, 4) is 0 Å². The Morgan fingerprint density at radius 2 is 2.07 bits per heavy atom. The molecule has 1 N–H and O–H groups in total. The van der Waals surface area contributed by atoms with Crippen molar-refractivity contribution in [3.05, 3.63) is 63.5 Å². The number of pyridine rings is 1. The maximum absolute atomic E-state index is 13.1. The SMILES string of the molecule is CCNC(=O)[C@@H](C)OC(=O)c1c2c(nc3ccccc13)/C(=C/c1cccs1)CC2. The first kappa shape index (κ1) is 19.3. The molecule has 0 unspecified atom stereocenters. The summed E-state index contributed by atoms with van der Waals surface area (Å²) in [6.45, 7) is 3.91. The highest BCUT2D eigenvalue weighted by Gasteiger charge is 2.29. The first-order valence-corrected chi connectivity index (χ1v) is 10.6.